The normalized spacial score (nSPS) is 10.4. The standard InChI is InChI=1S/C13H18N4S/c1-4-10-5-6-18-11(10)8-15-12-9(2)7-16-13(14-3)17-12/h5-7H,4,8H2,1-3H3,(H2,14,15,16,17). The molecule has 0 amide bonds. The Balaban J connectivity index is 2.10. The lowest BCUT2D eigenvalue weighted by atomic mass is 10.2. The number of aromatic nitrogens is 2. The summed E-state index contributed by atoms with van der Waals surface area (Å²) in [6.07, 6.45) is 2.90. The Kier molecular flexibility index (Phi) is 4.15. The first-order valence-corrected chi connectivity index (χ1v) is 6.93. The van der Waals surface area contributed by atoms with Crippen LogP contribution in [0.15, 0.2) is 17.6 Å². The first-order valence-electron chi connectivity index (χ1n) is 6.05. The molecule has 0 aromatic carbocycles. The molecule has 0 saturated carbocycles. The SMILES string of the molecule is CCc1ccsc1CNc1nc(NC)ncc1C. The second-order valence-electron chi connectivity index (χ2n) is 4.05. The van der Waals surface area contributed by atoms with Gasteiger partial charge in [-0.2, -0.15) is 4.98 Å². The lowest BCUT2D eigenvalue weighted by Crippen LogP contribution is -2.06. The molecule has 96 valence electrons. The molecule has 0 aliphatic rings. The van der Waals surface area contributed by atoms with Crippen molar-refractivity contribution in [3.63, 3.8) is 0 Å². The second-order valence-corrected chi connectivity index (χ2v) is 5.05. The van der Waals surface area contributed by atoms with E-state index in [9.17, 15) is 0 Å². The first-order chi connectivity index (χ1) is 8.74. The maximum atomic E-state index is 4.42. The third kappa shape index (κ3) is 2.79. The van der Waals surface area contributed by atoms with Gasteiger partial charge in [-0.05, 0) is 30.4 Å². The highest BCUT2D eigenvalue weighted by Gasteiger charge is 2.05. The molecule has 0 fully saturated rings. The van der Waals surface area contributed by atoms with Crippen molar-refractivity contribution in [1.82, 2.24) is 9.97 Å². The predicted octanol–water partition coefficient (Wildman–Crippen LogP) is 3.06. The monoisotopic (exact) mass is 262 g/mol. The van der Waals surface area contributed by atoms with E-state index in [1.54, 1.807) is 11.3 Å². The van der Waals surface area contributed by atoms with E-state index in [1.165, 1.54) is 10.4 Å². The van der Waals surface area contributed by atoms with Gasteiger partial charge >= 0.3 is 0 Å². The van der Waals surface area contributed by atoms with Crippen molar-refractivity contribution < 1.29 is 0 Å². The molecule has 4 nitrogen and oxygen atoms in total. The Bertz CT molecular complexity index is 521. The summed E-state index contributed by atoms with van der Waals surface area (Å²) in [6.45, 7) is 5.01. The van der Waals surface area contributed by atoms with Gasteiger partial charge in [-0.15, -0.1) is 11.3 Å². The van der Waals surface area contributed by atoms with Crippen LogP contribution in [0.25, 0.3) is 0 Å². The molecule has 0 radical (unpaired) electrons. The number of aryl methyl sites for hydroxylation is 2. The maximum Gasteiger partial charge on any atom is 0.224 e. The lowest BCUT2D eigenvalue weighted by Gasteiger charge is -2.09. The van der Waals surface area contributed by atoms with Gasteiger partial charge in [-0.3, -0.25) is 0 Å². The van der Waals surface area contributed by atoms with Crippen LogP contribution in [-0.4, -0.2) is 17.0 Å². The van der Waals surface area contributed by atoms with Crippen molar-refractivity contribution in [3.8, 4) is 0 Å². The molecule has 2 heterocycles. The van der Waals surface area contributed by atoms with Crippen molar-refractivity contribution >= 4 is 23.1 Å². The molecule has 0 spiro atoms. The summed E-state index contributed by atoms with van der Waals surface area (Å²) < 4.78 is 0. The quantitative estimate of drug-likeness (QED) is 0.869. The van der Waals surface area contributed by atoms with Crippen LogP contribution in [-0.2, 0) is 13.0 Å². The molecule has 2 rings (SSSR count). The van der Waals surface area contributed by atoms with Crippen molar-refractivity contribution in [2.75, 3.05) is 17.7 Å². The smallest absolute Gasteiger partial charge is 0.224 e. The van der Waals surface area contributed by atoms with Crippen LogP contribution in [0, 0.1) is 6.92 Å². The van der Waals surface area contributed by atoms with E-state index in [0.29, 0.717) is 5.95 Å². The maximum absolute atomic E-state index is 4.42. The second kappa shape index (κ2) is 5.82. The zero-order valence-electron chi connectivity index (χ0n) is 10.9. The highest BCUT2D eigenvalue weighted by molar-refractivity contribution is 7.10. The van der Waals surface area contributed by atoms with Crippen LogP contribution in [0.1, 0.15) is 22.9 Å². The minimum absolute atomic E-state index is 0.644. The number of thiophene rings is 1. The fourth-order valence-electron chi connectivity index (χ4n) is 1.74. The summed E-state index contributed by atoms with van der Waals surface area (Å²) in [6, 6.07) is 2.19. The third-order valence-corrected chi connectivity index (χ3v) is 3.79. The van der Waals surface area contributed by atoms with Gasteiger partial charge in [-0.1, -0.05) is 6.92 Å². The summed E-state index contributed by atoms with van der Waals surface area (Å²) in [5.74, 6) is 1.54. The van der Waals surface area contributed by atoms with Crippen molar-refractivity contribution in [1.29, 1.82) is 0 Å². The van der Waals surface area contributed by atoms with Crippen molar-refractivity contribution in [2.45, 2.75) is 26.8 Å². The van der Waals surface area contributed by atoms with Gasteiger partial charge in [0.25, 0.3) is 0 Å². The van der Waals surface area contributed by atoms with E-state index >= 15 is 0 Å². The van der Waals surface area contributed by atoms with E-state index in [4.69, 9.17) is 0 Å². The fourth-order valence-corrected chi connectivity index (χ4v) is 2.66. The topological polar surface area (TPSA) is 49.8 Å². The summed E-state index contributed by atoms with van der Waals surface area (Å²) in [5, 5.41) is 8.48. The van der Waals surface area contributed by atoms with Crippen LogP contribution in [0.2, 0.25) is 0 Å². The minimum Gasteiger partial charge on any atom is -0.365 e. The molecule has 2 aromatic rings. The summed E-state index contributed by atoms with van der Waals surface area (Å²) in [5.41, 5.74) is 2.47. The number of anilines is 2. The van der Waals surface area contributed by atoms with Crippen LogP contribution in [0.3, 0.4) is 0 Å². The highest BCUT2D eigenvalue weighted by atomic mass is 32.1. The lowest BCUT2D eigenvalue weighted by molar-refractivity contribution is 1.04. The zero-order valence-corrected chi connectivity index (χ0v) is 11.8. The van der Waals surface area contributed by atoms with Crippen molar-refractivity contribution in [2.24, 2.45) is 0 Å². The Labute approximate surface area is 111 Å². The van der Waals surface area contributed by atoms with E-state index in [2.05, 4.69) is 39.0 Å². The van der Waals surface area contributed by atoms with E-state index in [0.717, 1.165) is 24.3 Å². The number of hydrogen-bond donors (Lipinski definition) is 2. The number of nitrogens with zero attached hydrogens (tertiary/aromatic N) is 2. The van der Waals surface area contributed by atoms with Gasteiger partial charge in [0, 0.05) is 23.7 Å². The van der Waals surface area contributed by atoms with Crippen LogP contribution < -0.4 is 10.6 Å². The average molecular weight is 262 g/mol. The molecule has 2 aromatic heterocycles. The highest BCUT2D eigenvalue weighted by Crippen LogP contribution is 2.20. The van der Waals surface area contributed by atoms with Gasteiger partial charge < -0.3 is 10.6 Å². The van der Waals surface area contributed by atoms with E-state index < -0.39 is 0 Å². The van der Waals surface area contributed by atoms with Gasteiger partial charge in [0.15, 0.2) is 0 Å². The largest absolute Gasteiger partial charge is 0.365 e. The molecule has 18 heavy (non-hydrogen) atoms. The molecule has 0 unspecified atom stereocenters. The summed E-state index contributed by atoms with van der Waals surface area (Å²) >= 11 is 1.79. The van der Waals surface area contributed by atoms with Crippen LogP contribution >= 0.6 is 11.3 Å². The molecule has 0 bridgehead atoms. The molecular formula is C13H18N4S. The van der Waals surface area contributed by atoms with Gasteiger partial charge in [0.1, 0.15) is 5.82 Å². The minimum atomic E-state index is 0.644. The Morgan fingerprint density at radius 3 is 2.94 bits per heavy atom. The number of rotatable bonds is 5. The summed E-state index contributed by atoms with van der Waals surface area (Å²) in [7, 11) is 1.82. The number of hydrogen-bond acceptors (Lipinski definition) is 5. The fraction of sp³-hybridized carbons (Fsp3) is 0.385. The van der Waals surface area contributed by atoms with Gasteiger partial charge in [-0.25, -0.2) is 4.98 Å². The molecule has 0 saturated heterocycles. The molecule has 2 N–H and O–H groups in total. The number of nitrogens with one attached hydrogen (secondary N) is 2. The summed E-state index contributed by atoms with van der Waals surface area (Å²) in [4.78, 5) is 9.97. The predicted molar refractivity (Wildman–Crippen MR) is 77.3 cm³/mol. The first kappa shape index (κ1) is 12.8. The van der Waals surface area contributed by atoms with Crippen LogP contribution in [0.5, 0.6) is 0 Å². The Morgan fingerprint density at radius 1 is 1.39 bits per heavy atom. The Hall–Kier alpha value is -1.62. The van der Waals surface area contributed by atoms with E-state index in [-0.39, 0.29) is 0 Å². The molecule has 5 heteroatoms. The van der Waals surface area contributed by atoms with Crippen LogP contribution in [0.4, 0.5) is 11.8 Å². The third-order valence-electron chi connectivity index (χ3n) is 2.83. The average Bonchev–Trinajstić information content (AvgIpc) is 2.85. The Morgan fingerprint density at radius 2 is 2.22 bits per heavy atom. The zero-order chi connectivity index (χ0) is 13.0. The van der Waals surface area contributed by atoms with Gasteiger partial charge in [0.2, 0.25) is 5.95 Å². The van der Waals surface area contributed by atoms with Crippen molar-refractivity contribution in [3.05, 3.63) is 33.6 Å². The van der Waals surface area contributed by atoms with E-state index in [1.807, 2.05) is 20.2 Å². The molecular weight excluding hydrogens is 244 g/mol. The molecule has 0 aliphatic carbocycles. The molecule has 0 atom stereocenters. The van der Waals surface area contributed by atoms with Gasteiger partial charge in [0.05, 0.1) is 6.54 Å². The molecule has 0 aliphatic heterocycles.